The molecule has 2 aliphatic rings. The molecule has 2 amide bonds. The van der Waals surface area contributed by atoms with Crippen LogP contribution in [0.3, 0.4) is 0 Å². The van der Waals surface area contributed by atoms with Crippen molar-refractivity contribution in [3.8, 4) is 0 Å². The van der Waals surface area contributed by atoms with E-state index in [-0.39, 0.29) is 17.2 Å². The Hall–Kier alpha value is -2.70. The van der Waals surface area contributed by atoms with E-state index in [0.717, 1.165) is 12.3 Å². The number of hydrogen-bond donors (Lipinski definition) is 3. The summed E-state index contributed by atoms with van der Waals surface area (Å²) in [6.07, 6.45) is 5.34. The van der Waals surface area contributed by atoms with Gasteiger partial charge in [-0.25, -0.2) is 5.10 Å². The number of rotatable bonds is 3. The van der Waals surface area contributed by atoms with Crippen molar-refractivity contribution in [2.24, 2.45) is 17.8 Å². The molecule has 4 rings (SSSR count). The Morgan fingerprint density at radius 1 is 1.12 bits per heavy atom. The van der Waals surface area contributed by atoms with Crippen LogP contribution in [0.4, 0.5) is 0 Å². The maximum Gasteiger partial charge on any atom is 0.290 e. The number of carbonyl (C=O) groups is 2. The predicted molar refractivity (Wildman–Crippen MR) is 91.5 cm³/mol. The molecule has 2 aromatic rings. The Morgan fingerprint density at radius 3 is 2.64 bits per heavy atom. The lowest BCUT2D eigenvalue weighted by molar-refractivity contribution is -0.123. The molecular weight excluding hydrogens is 320 g/mol. The van der Waals surface area contributed by atoms with Gasteiger partial charge >= 0.3 is 0 Å². The number of aromatic nitrogens is 2. The highest BCUT2D eigenvalue weighted by atomic mass is 16.2. The van der Waals surface area contributed by atoms with Crippen LogP contribution >= 0.6 is 0 Å². The number of hydrogen-bond acceptors (Lipinski definition) is 4. The van der Waals surface area contributed by atoms with Gasteiger partial charge < -0.3 is 0 Å². The zero-order valence-electron chi connectivity index (χ0n) is 13.7. The number of nitrogens with zero attached hydrogens (tertiary/aromatic N) is 1. The average molecular weight is 340 g/mol. The van der Waals surface area contributed by atoms with Crippen molar-refractivity contribution in [3.05, 3.63) is 40.3 Å². The van der Waals surface area contributed by atoms with Crippen molar-refractivity contribution in [2.45, 2.75) is 32.1 Å². The summed E-state index contributed by atoms with van der Waals surface area (Å²) < 4.78 is 0. The second kappa shape index (κ2) is 6.31. The van der Waals surface area contributed by atoms with Gasteiger partial charge in [-0.3, -0.25) is 25.2 Å². The van der Waals surface area contributed by atoms with E-state index in [0.29, 0.717) is 29.0 Å². The Kier molecular flexibility index (Phi) is 3.99. The highest BCUT2D eigenvalue weighted by Gasteiger charge is 2.40. The highest BCUT2D eigenvalue weighted by Crippen LogP contribution is 2.49. The van der Waals surface area contributed by atoms with E-state index < -0.39 is 5.91 Å². The fourth-order valence-corrected chi connectivity index (χ4v) is 4.39. The Balaban J connectivity index is 1.40. The van der Waals surface area contributed by atoms with Crippen LogP contribution in [0.2, 0.25) is 0 Å². The van der Waals surface area contributed by atoms with Crippen molar-refractivity contribution in [2.75, 3.05) is 0 Å². The lowest BCUT2D eigenvalue weighted by Crippen LogP contribution is -2.43. The predicted octanol–water partition coefficient (Wildman–Crippen LogP) is 1.51. The van der Waals surface area contributed by atoms with Crippen LogP contribution in [0.1, 0.15) is 42.6 Å². The number of amides is 2. The number of carbonyl (C=O) groups excluding carboxylic acids is 2. The van der Waals surface area contributed by atoms with E-state index in [1.54, 1.807) is 24.3 Å². The first-order valence-electron chi connectivity index (χ1n) is 8.68. The number of fused-ring (bicyclic) bond motifs is 3. The summed E-state index contributed by atoms with van der Waals surface area (Å²) >= 11 is 0. The summed E-state index contributed by atoms with van der Waals surface area (Å²) in [5.74, 6) is 1.15. The average Bonchev–Trinajstić information content (AvgIpc) is 3.23. The molecule has 7 heteroatoms. The zero-order chi connectivity index (χ0) is 17.4. The van der Waals surface area contributed by atoms with Crippen molar-refractivity contribution in [1.82, 2.24) is 21.0 Å². The summed E-state index contributed by atoms with van der Waals surface area (Å²) in [5.41, 5.74) is 4.61. The van der Waals surface area contributed by atoms with Crippen molar-refractivity contribution in [3.63, 3.8) is 0 Å². The molecule has 0 radical (unpaired) electrons. The second-order valence-electron chi connectivity index (χ2n) is 7.09. The topological polar surface area (TPSA) is 104 Å². The number of aromatic amines is 1. The summed E-state index contributed by atoms with van der Waals surface area (Å²) in [7, 11) is 0. The third-order valence-corrected chi connectivity index (χ3v) is 5.56. The number of hydrazine groups is 1. The van der Waals surface area contributed by atoms with Crippen LogP contribution in [0.15, 0.2) is 29.1 Å². The Morgan fingerprint density at radius 2 is 1.92 bits per heavy atom. The minimum Gasteiger partial charge on any atom is -0.273 e. The van der Waals surface area contributed by atoms with Gasteiger partial charge in [0, 0.05) is 11.8 Å². The monoisotopic (exact) mass is 340 g/mol. The molecule has 1 aromatic heterocycles. The minimum absolute atomic E-state index is 0.0791. The molecule has 3 atom stereocenters. The van der Waals surface area contributed by atoms with E-state index in [1.807, 2.05) is 0 Å². The van der Waals surface area contributed by atoms with Crippen LogP contribution in [0.5, 0.6) is 0 Å². The van der Waals surface area contributed by atoms with Crippen LogP contribution in [0.25, 0.3) is 10.8 Å². The normalized spacial score (nSPS) is 24.4. The van der Waals surface area contributed by atoms with E-state index in [9.17, 15) is 14.4 Å². The number of nitrogens with one attached hydrogen (secondary N) is 3. The van der Waals surface area contributed by atoms with Crippen LogP contribution in [-0.4, -0.2) is 22.0 Å². The van der Waals surface area contributed by atoms with Gasteiger partial charge in [0.25, 0.3) is 11.5 Å². The molecule has 3 N–H and O–H groups in total. The highest BCUT2D eigenvalue weighted by molar-refractivity contribution is 6.05. The van der Waals surface area contributed by atoms with Gasteiger partial charge in [-0.15, -0.1) is 0 Å². The first-order chi connectivity index (χ1) is 12.1. The lowest BCUT2D eigenvalue weighted by atomic mass is 9.86. The fourth-order valence-electron chi connectivity index (χ4n) is 4.39. The summed E-state index contributed by atoms with van der Waals surface area (Å²) in [5, 5.41) is 6.96. The standard InChI is InChI=1S/C18H20N4O3/c23-15(9-12-8-10-5-6-11(12)7-10)19-22-18(25)16-13-3-1-2-4-14(13)17(24)21-20-16/h1-4,10-12H,5-9H2,(H,19,23)(H,21,24)(H,22,25)/t10-,11-,12+/m1/s1. The summed E-state index contributed by atoms with van der Waals surface area (Å²) in [4.78, 5) is 36.2. The van der Waals surface area contributed by atoms with Gasteiger partial charge in [0.15, 0.2) is 5.69 Å². The van der Waals surface area contributed by atoms with Crippen LogP contribution in [0, 0.1) is 17.8 Å². The third kappa shape index (κ3) is 3.01. The fraction of sp³-hybridized carbons (Fsp3) is 0.444. The van der Waals surface area contributed by atoms with Gasteiger partial charge in [0.05, 0.1) is 5.39 Å². The SMILES string of the molecule is O=C(C[C@@H]1C[C@@H]2CC[C@@H]1C2)NNC(=O)c1n[nH]c(=O)c2ccccc12. The van der Waals surface area contributed by atoms with Crippen molar-refractivity contribution in [1.29, 1.82) is 0 Å². The maximum atomic E-state index is 12.3. The molecule has 1 aromatic carbocycles. The summed E-state index contributed by atoms with van der Waals surface area (Å²) in [6, 6.07) is 6.73. The molecule has 1 heterocycles. The molecule has 0 unspecified atom stereocenters. The molecule has 0 aliphatic heterocycles. The molecule has 7 nitrogen and oxygen atoms in total. The molecule has 0 saturated heterocycles. The first kappa shape index (κ1) is 15.8. The van der Waals surface area contributed by atoms with Crippen molar-refractivity contribution < 1.29 is 9.59 Å². The first-order valence-corrected chi connectivity index (χ1v) is 8.68. The molecule has 25 heavy (non-hydrogen) atoms. The van der Waals surface area contributed by atoms with Crippen LogP contribution < -0.4 is 16.4 Å². The van der Waals surface area contributed by atoms with E-state index >= 15 is 0 Å². The quantitative estimate of drug-likeness (QED) is 0.737. The van der Waals surface area contributed by atoms with Gasteiger partial charge in [-0.2, -0.15) is 5.10 Å². The number of benzene rings is 1. The van der Waals surface area contributed by atoms with E-state index in [1.165, 1.54) is 19.3 Å². The molecule has 2 saturated carbocycles. The third-order valence-electron chi connectivity index (χ3n) is 5.56. The van der Waals surface area contributed by atoms with E-state index in [4.69, 9.17) is 0 Å². The lowest BCUT2D eigenvalue weighted by Gasteiger charge is -2.20. The van der Waals surface area contributed by atoms with Gasteiger partial charge in [-0.05, 0) is 43.1 Å². The molecule has 2 bridgehead atoms. The van der Waals surface area contributed by atoms with Gasteiger partial charge in [0.1, 0.15) is 0 Å². The smallest absolute Gasteiger partial charge is 0.273 e. The largest absolute Gasteiger partial charge is 0.290 e. The number of H-pyrrole nitrogens is 1. The molecule has 2 fully saturated rings. The zero-order valence-corrected chi connectivity index (χ0v) is 13.7. The summed E-state index contributed by atoms with van der Waals surface area (Å²) in [6.45, 7) is 0. The van der Waals surface area contributed by atoms with Gasteiger partial charge in [-0.1, -0.05) is 24.6 Å². The Labute approximate surface area is 144 Å². The second-order valence-corrected chi connectivity index (χ2v) is 7.09. The van der Waals surface area contributed by atoms with E-state index in [2.05, 4.69) is 21.0 Å². The minimum atomic E-state index is -0.547. The molecule has 0 spiro atoms. The van der Waals surface area contributed by atoms with Gasteiger partial charge in [0.2, 0.25) is 5.91 Å². The molecular formula is C18H20N4O3. The maximum absolute atomic E-state index is 12.3. The Bertz CT molecular complexity index is 891. The van der Waals surface area contributed by atoms with Crippen molar-refractivity contribution >= 4 is 22.6 Å². The molecule has 2 aliphatic carbocycles. The van der Waals surface area contributed by atoms with Crippen LogP contribution in [-0.2, 0) is 4.79 Å². The molecule has 130 valence electrons.